The van der Waals surface area contributed by atoms with Crippen molar-refractivity contribution in [2.45, 2.75) is 51.4 Å². The Bertz CT molecular complexity index is 789. The second-order valence-corrected chi connectivity index (χ2v) is 8.11. The third kappa shape index (κ3) is 2.20. The van der Waals surface area contributed by atoms with Gasteiger partial charge >= 0.3 is 0 Å². The molecule has 0 heterocycles. The quantitative estimate of drug-likeness (QED) is 0.601. The number of nitrogens with zero attached hydrogens (tertiary/aromatic N) is 1. The fraction of sp³-hybridized carbons (Fsp3) is 0.650. The summed E-state index contributed by atoms with van der Waals surface area (Å²) in [5.41, 5.74) is 1.66. The first-order valence-electron chi connectivity index (χ1n) is 9.37. The van der Waals surface area contributed by atoms with Gasteiger partial charge in [0, 0.05) is 23.0 Å². The minimum absolute atomic E-state index is 0.128. The molecular weight excluding hydrogens is 334 g/mol. The number of Topliss-reactive ketones (excluding diaryl/α,β-unsaturated/α-hetero) is 1. The van der Waals surface area contributed by atoms with Gasteiger partial charge in [-0.1, -0.05) is 6.92 Å². The van der Waals surface area contributed by atoms with Crippen molar-refractivity contribution >= 4 is 11.5 Å². The van der Waals surface area contributed by atoms with Gasteiger partial charge in [0.1, 0.15) is 5.78 Å². The summed E-state index contributed by atoms with van der Waals surface area (Å²) in [5.74, 6) is 2.24. The molecule has 140 valence electrons. The summed E-state index contributed by atoms with van der Waals surface area (Å²) in [6, 6.07) is 1.51. The van der Waals surface area contributed by atoms with Crippen molar-refractivity contribution in [2.24, 2.45) is 17.3 Å². The summed E-state index contributed by atoms with van der Waals surface area (Å²) in [6.07, 6.45) is 4.91. The minimum Gasteiger partial charge on any atom is -0.493 e. The molecule has 0 radical (unpaired) electrons. The summed E-state index contributed by atoms with van der Waals surface area (Å²) < 4.78 is 10.9. The van der Waals surface area contributed by atoms with Crippen LogP contribution >= 0.6 is 0 Å². The average molecular weight is 359 g/mol. The summed E-state index contributed by atoms with van der Waals surface area (Å²) >= 11 is 0. The van der Waals surface area contributed by atoms with Crippen LogP contribution in [-0.2, 0) is 11.2 Å². The summed E-state index contributed by atoms with van der Waals surface area (Å²) in [7, 11) is 3.10. The highest BCUT2D eigenvalue weighted by molar-refractivity contribution is 5.87. The largest absolute Gasteiger partial charge is 0.493 e. The maximum atomic E-state index is 12.5. The van der Waals surface area contributed by atoms with Gasteiger partial charge in [-0.25, -0.2) is 0 Å². The van der Waals surface area contributed by atoms with Gasteiger partial charge in [0.05, 0.1) is 25.2 Å². The van der Waals surface area contributed by atoms with Crippen LogP contribution in [0.15, 0.2) is 6.07 Å². The van der Waals surface area contributed by atoms with Crippen LogP contribution in [0.3, 0.4) is 0 Å². The maximum Gasteiger partial charge on any atom is 0.277 e. The molecule has 0 N–H and O–H groups in total. The molecule has 0 amide bonds. The van der Waals surface area contributed by atoms with Crippen molar-refractivity contribution < 1.29 is 19.2 Å². The van der Waals surface area contributed by atoms with Crippen LogP contribution in [0, 0.1) is 27.4 Å². The number of fused-ring (bicyclic) bond motifs is 5. The Morgan fingerprint density at radius 2 is 1.96 bits per heavy atom. The lowest BCUT2D eigenvalue weighted by Crippen LogP contribution is -2.42. The predicted molar refractivity (Wildman–Crippen MR) is 95.8 cm³/mol. The van der Waals surface area contributed by atoms with Gasteiger partial charge in [-0.2, -0.15) is 0 Å². The van der Waals surface area contributed by atoms with Crippen molar-refractivity contribution in [3.63, 3.8) is 0 Å². The zero-order valence-corrected chi connectivity index (χ0v) is 15.5. The molecule has 0 aliphatic heterocycles. The number of ketones is 1. The van der Waals surface area contributed by atoms with Crippen LogP contribution in [0.25, 0.3) is 0 Å². The molecule has 0 bridgehead atoms. The van der Waals surface area contributed by atoms with Crippen LogP contribution in [0.5, 0.6) is 11.5 Å². The highest BCUT2D eigenvalue weighted by Crippen LogP contribution is 2.61. The van der Waals surface area contributed by atoms with Crippen molar-refractivity contribution in [2.75, 3.05) is 14.2 Å². The summed E-state index contributed by atoms with van der Waals surface area (Å²) in [4.78, 5) is 24.0. The number of carbonyl (C=O) groups excluding carboxylic acids is 1. The van der Waals surface area contributed by atoms with E-state index in [1.165, 1.54) is 13.2 Å². The Hall–Kier alpha value is -2.11. The third-order valence-corrected chi connectivity index (χ3v) is 7.23. The molecule has 3 aliphatic rings. The SMILES string of the molecule is COc1cc([N+](=O)[O-])c2c(c1OC)CCC1C2CCC2(C)C(=O)CCC12. The Kier molecular flexibility index (Phi) is 3.97. The Morgan fingerprint density at radius 3 is 2.62 bits per heavy atom. The predicted octanol–water partition coefficient (Wildman–Crippen LogP) is 4.04. The number of methoxy groups -OCH3 is 2. The normalized spacial score (nSPS) is 32.4. The van der Waals surface area contributed by atoms with Gasteiger partial charge < -0.3 is 9.47 Å². The molecule has 26 heavy (non-hydrogen) atoms. The standard InChI is InChI=1S/C20H25NO5/c1-20-9-8-12-11(14(20)6-7-17(20)22)4-5-13-18(12)15(21(23)24)10-16(25-2)19(13)26-3/h10-12,14H,4-9H2,1-3H3. The Balaban J connectivity index is 1.86. The zero-order chi connectivity index (χ0) is 18.6. The first kappa shape index (κ1) is 17.3. The van der Waals surface area contributed by atoms with Gasteiger partial charge in [0.15, 0.2) is 11.5 Å². The number of rotatable bonds is 3. The van der Waals surface area contributed by atoms with E-state index >= 15 is 0 Å². The van der Waals surface area contributed by atoms with Gasteiger partial charge in [-0.05, 0) is 49.9 Å². The number of hydrogen-bond acceptors (Lipinski definition) is 5. The average Bonchev–Trinajstić information content (AvgIpc) is 2.94. The Morgan fingerprint density at radius 1 is 1.19 bits per heavy atom. The van der Waals surface area contributed by atoms with Gasteiger partial charge in [0.25, 0.3) is 5.69 Å². The number of nitro groups is 1. The van der Waals surface area contributed by atoms with Gasteiger partial charge in [-0.3, -0.25) is 14.9 Å². The van der Waals surface area contributed by atoms with E-state index in [4.69, 9.17) is 9.47 Å². The highest BCUT2D eigenvalue weighted by atomic mass is 16.6. The molecule has 0 spiro atoms. The van der Waals surface area contributed by atoms with E-state index < -0.39 is 0 Å². The molecule has 1 aromatic carbocycles. The van der Waals surface area contributed by atoms with E-state index in [0.717, 1.165) is 43.2 Å². The molecule has 6 nitrogen and oxygen atoms in total. The molecule has 1 aromatic rings. The molecule has 0 aromatic heterocycles. The van der Waals surface area contributed by atoms with E-state index in [-0.39, 0.29) is 21.9 Å². The molecule has 2 fully saturated rings. The van der Waals surface area contributed by atoms with E-state index in [0.29, 0.717) is 35.5 Å². The lowest BCUT2D eigenvalue weighted by Gasteiger charge is -2.48. The molecule has 3 aliphatic carbocycles. The first-order valence-corrected chi connectivity index (χ1v) is 9.37. The second-order valence-electron chi connectivity index (χ2n) is 8.11. The smallest absolute Gasteiger partial charge is 0.277 e. The third-order valence-electron chi connectivity index (χ3n) is 7.23. The molecule has 6 heteroatoms. The molecule has 4 unspecified atom stereocenters. The summed E-state index contributed by atoms with van der Waals surface area (Å²) in [6.45, 7) is 2.11. The minimum atomic E-state index is -0.295. The monoisotopic (exact) mass is 359 g/mol. The fourth-order valence-corrected chi connectivity index (χ4v) is 6.01. The van der Waals surface area contributed by atoms with Crippen LogP contribution in [0.1, 0.15) is 56.1 Å². The second kappa shape index (κ2) is 5.96. The van der Waals surface area contributed by atoms with E-state index in [9.17, 15) is 14.9 Å². The Labute approximate surface area is 153 Å². The number of ether oxygens (including phenoxy) is 2. The van der Waals surface area contributed by atoms with Crippen LogP contribution in [0.2, 0.25) is 0 Å². The molecule has 4 rings (SSSR count). The fourth-order valence-electron chi connectivity index (χ4n) is 6.01. The number of hydrogen-bond donors (Lipinski definition) is 0. The van der Waals surface area contributed by atoms with Gasteiger partial charge in [0.2, 0.25) is 0 Å². The number of nitro benzene ring substituents is 1. The first-order chi connectivity index (χ1) is 12.4. The van der Waals surface area contributed by atoms with Gasteiger partial charge in [-0.15, -0.1) is 0 Å². The lowest BCUT2D eigenvalue weighted by molar-refractivity contribution is -0.386. The van der Waals surface area contributed by atoms with E-state index in [1.54, 1.807) is 7.11 Å². The van der Waals surface area contributed by atoms with E-state index in [2.05, 4.69) is 6.92 Å². The molecular formula is C20H25NO5. The summed E-state index contributed by atoms with van der Waals surface area (Å²) in [5, 5.41) is 11.8. The van der Waals surface area contributed by atoms with Crippen molar-refractivity contribution in [3.8, 4) is 11.5 Å². The van der Waals surface area contributed by atoms with Crippen LogP contribution < -0.4 is 9.47 Å². The zero-order valence-electron chi connectivity index (χ0n) is 15.5. The lowest BCUT2D eigenvalue weighted by atomic mass is 9.55. The van der Waals surface area contributed by atoms with Crippen LogP contribution in [0.4, 0.5) is 5.69 Å². The highest BCUT2D eigenvalue weighted by Gasteiger charge is 2.55. The molecule has 2 saturated carbocycles. The topological polar surface area (TPSA) is 78.7 Å². The molecule has 0 saturated heterocycles. The van der Waals surface area contributed by atoms with Crippen molar-refractivity contribution in [1.82, 2.24) is 0 Å². The van der Waals surface area contributed by atoms with Crippen molar-refractivity contribution in [3.05, 3.63) is 27.3 Å². The molecule has 4 atom stereocenters. The van der Waals surface area contributed by atoms with Crippen LogP contribution in [-0.4, -0.2) is 24.9 Å². The maximum absolute atomic E-state index is 12.5. The van der Waals surface area contributed by atoms with E-state index in [1.807, 2.05) is 0 Å². The number of benzene rings is 1. The number of carbonyl (C=O) groups is 1. The van der Waals surface area contributed by atoms with Crippen molar-refractivity contribution in [1.29, 1.82) is 0 Å².